The molecule has 3 aromatic carbocycles. The van der Waals surface area contributed by atoms with Crippen LogP contribution in [0.3, 0.4) is 0 Å². The molecule has 0 aliphatic carbocycles. The fourth-order valence-electron chi connectivity index (χ4n) is 4.72. The van der Waals surface area contributed by atoms with Crippen LogP contribution >= 0.6 is 11.6 Å². The van der Waals surface area contributed by atoms with E-state index in [4.69, 9.17) is 21.1 Å². The SMILES string of the molecule is COc1cc(C(=O)N(CCCc2ccccc2)CC(=O)O)cc2c1OC(C)(Cc1ccc(Cl)cc1)C2. The lowest BCUT2D eigenvalue weighted by atomic mass is 9.91. The van der Waals surface area contributed by atoms with Gasteiger partial charge in [0, 0.05) is 35.5 Å². The number of amides is 1. The Morgan fingerprint density at radius 1 is 1.08 bits per heavy atom. The van der Waals surface area contributed by atoms with Crippen LogP contribution in [0.5, 0.6) is 11.5 Å². The van der Waals surface area contributed by atoms with Gasteiger partial charge in [-0.3, -0.25) is 9.59 Å². The van der Waals surface area contributed by atoms with Gasteiger partial charge in [0.15, 0.2) is 11.5 Å². The molecular weight excluding hydrogens is 478 g/mol. The Morgan fingerprint density at radius 2 is 1.81 bits per heavy atom. The van der Waals surface area contributed by atoms with Gasteiger partial charge < -0.3 is 19.5 Å². The van der Waals surface area contributed by atoms with Gasteiger partial charge in [-0.1, -0.05) is 54.1 Å². The highest BCUT2D eigenvalue weighted by Crippen LogP contribution is 2.44. The van der Waals surface area contributed by atoms with Gasteiger partial charge in [0.2, 0.25) is 0 Å². The molecule has 1 N–H and O–H groups in total. The summed E-state index contributed by atoms with van der Waals surface area (Å²) in [6.07, 6.45) is 2.67. The first-order chi connectivity index (χ1) is 17.3. The van der Waals surface area contributed by atoms with Crippen LogP contribution < -0.4 is 9.47 Å². The van der Waals surface area contributed by atoms with Crippen molar-refractivity contribution in [1.29, 1.82) is 0 Å². The number of aliphatic carboxylic acids is 1. The highest BCUT2D eigenvalue weighted by molar-refractivity contribution is 6.30. The van der Waals surface area contributed by atoms with Crippen molar-refractivity contribution in [3.8, 4) is 11.5 Å². The number of halogens is 1. The molecule has 36 heavy (non-hydrogen) atoms. The maximum absolute atomic E-state index is 13.4. The lowest BCUT2D eigenvalue weighted by Gasteiger charge is -2.24. The molecule has 3 aromatic rings. The number of carboxylic acids is 1. The van der Waals surface area contributed by atoms with Crippen molar-refractivity contribution in [2.24, 2.45) is 0 Å². The van der Waals surface area contributed by atoms with Crippen LogP contribution in [-0.2, 0) is 24.1 Å². The predicted molar refractivity (Wildman–Crippen MR) is 139 cm³/mol. The van der Waals surface area contributed by atoms with E-state index in [-0.39, 0.29) is 12.5 Å². The minimum atomic E-state index is -1.05. The van der Waals surface area contributed by atoms with Gasteiger partial charge in [-0.2, -0.15) is 0 Å². The highest BCUT2D eigenvalue weighted by Gasteiger charge is 2.38. The molecule has 0 saturated heterocycles. The van der Waals surface area contributed by atoms with E-state index < -0.39 is 11.6 Å². The summed E-state index contributed by atoms with van der Waals surface area (Å²) in [5, 5.41) is 10.1. The number of ether oxygens (including phenoxy) is 2. The molecule has 0 radical (unpaired) electrons. The molecule has 1 atom stereocenters. The van der Waals surface area contributed by atoms with Gasteiger partial charge in [0.05, 0.1) is 7.11 Å². The minimum absolute atomic E-state index is 0.335. The van der Waals surface area contributed by atoms with Crippen molar-refractivity contribution in [2.45, 2.75) is 38.2 Å². The van der Waals surface area contributed by atoms with Crippen molar-refractivity contribution in [2.75, 3.05) is 20.2 Å². The van der Waals surface area contributed by atoms with Crippen LogP contribution in [0.15, 0.2) is 66.7 Å². The molecule has 188 valence electrons. The Balaban J connectivity index is 1.52. The van der Waals surface area contributed by atoms with E-state index in [2.05, 4.69) is 0 Å². The zero-order valence-corrected chi connectivity index (χ0v) is 21.3. The highest BCUT2D eigenvalue weighted by atomic mass is 35.5. The quantitative estimate of drug-likeness (QED) is 0.395. The molecule has 1 aliphatic rings. The average molecular weight is 508 g/mol. The minimum Gasteiger partial charge on any atom is -0.493 e. The summed E-state index contributed by atoms with van der Waals surface area (Å²) in [6, 6.07) is 21.0. The molecule has 1 amide bonds. The fourth-order valence-corrected chi connectivity index (χ4v) is 4.84. The Bertz CT molecular complexity index is 1230. The number of aryl methyl sites for hydroxylation is 1. The average Bonchev–Trinajstić information content (AvgIpc) is 3.20. The van der Waals surface area contributed by atoms with E-state index in [1.807, 2.05) is 61.5 Å². The number of carboxylic acid groups (broad SMARTS) is 1. The van der Waals surface area contributed by atoms with Crippen molar-refractivity contribution in [3.63, 3.8) is 0 Å². The topological polar surface area (TPSA) is 76.1 Å². The third-order valence-electron chi connectivity index (χ3n) is 6.35. The first kappa shape index (κ1) is 25.6. The number of nitrogens with zero attached hydrogens (tertiary/aromatic N) is 1. The van der Waals surface area contributed by atoms with Gasteiger partial charge in [0.25, 0.3) is 5.91 Å². The van der Waals surface area contributed by atoms with Crippen LogP contribution in [0, 0.1) is 0 Å². The third kappa shape index (κ3) is 6.18. The maximum Gasteiger partial charge on any atom is 0.323 e. The second-order valence-corrected chi connectivity index (χ2v) is 9.84. The molecule has 1 aliphatic heterocycles. The van der Waals surface area contributed by atoms with Crippen LogP contribution in [0.2, 0.25) is 5.02 Å². The molecule has 0 saturated carbocycles. The fraction of sp³-hybridized carbons (Fsp3) is 0.310. The number of fused-ring (bicyclic) bond motifs is 1. The van der Waals surface area contributed by atoms with E-state index in [1.165, 1.54) is 12.0 Å². The summed E-state index contributed by atoms with van der Waals surface area (Å²) < 4.78 is 11.9. The number of carbonyl (C=O) groups excluding carboxylic acids is 1. The van der Waals surface area contributed by atoms with Gasteiger partial charge >= 0.3 is 5.97 Å². The zero-order chi connectivity index (χ0) is 25.7. The number of benzene rings is 3. The van der Waals surface area contributed by atoms with Gasteiger partial charge in [0.1, 0.15) is 12.1 Å². The standard InChI is InChI=1S/C29H30ClNO5/c1-29(17-21-10-12-24(30)13-11-21)18-23-15-22(16-25(35-2)27(23)36-29)28(34)31(19-26(32)33)14-6-9-20-7-4-3-5-8-20/h3-5,7-8,10-13,15-16H,6,9,14,17-19H2,1-2H3,(H,32,33). The second kappa shape index (κ2) is 11.0. The molecule has 0 spiro atoms. The Morgan fingerprint density at radius 3 is 2.47 bits per heavy atom. The molecule has 1 unspecified atom stereocenters. The predicted octanol–water partition coefficient (Wildman–Crippen LogP) is 5.44. The molecule has 4 rings (SSSR count). The van der Waals surface area contributed by atoms with Gasteiger partial charge in [-0.15, -0.1) is 0 Å². The van der Waals surface area contributed by atoms with Crippen molar-refractivity contribution < 1.29 is 24.2 Å². The number of hydrogen-bond donors (Lipinski definition) is 1. The van der Waals surface area contributed by atoms with E-state index >= 15 is 0 Å². The van der Waals surface area contributed by atoms with Crippen LogP contribution in [0.4, 0.5) is 0 Å². The zero-order valence-electron chi connectivity index (χ0n) is 20.5. The van der Waals surface area contributed by atoms with E-state index in [9.17, 15) is 14.7 Å². The Kier molecular flexibility index (Phi) is 7.85. The number of carbonyl (C=O) groups is 2. The Hall–Kier alpha value is -3.51. The van der Waals surface area contributed by atoms with Crippen LogP contribution in [0.25, 0.3) is 0 Å². The molecule has 0 bridgehead atoms. The number of hydrogen-bond acceptors (Lipinski definition) is 4. The third-order valence-corrected chi connectivity index (χ3v) is 6.60. The van der Waals surface area contributed by atoms with Gasteiger partial charge in [-0.25, -0.2) is 0 Å². The maximum atomic E-state index is 13.4. The summed E-state index contributed by atoms with van der Waals surface area (Å²) in [6.45, 7) is 2.00. The molecule has 0 fully saturated rings. The van der Waals surface area contributed by atoms with E-state index in [0.717, 1.165) is 23.1 Å². The van der Waals surface area contributed by atoms with E-state index in [0.29, 0.717) is 47.9 Å². The van der Waals surface area contributed by atoms with Crippen molar-refractivity contribution >= 4 is 23.5 Å². The Labute approximate surface area is 216 Å². The number of methoxy groups -OCH3 is 1. The normalized spacial score (nSPS) is 16.2. The molecule has 6 nitrogen and oxygen atoms in total. The van der Waals surface area contributed by atoms with Gasteiger partial charge in [-0.05, 0) is 55.2 Å². The van der Waals surface area contributed by atoms with Crippen LogP contribution in [0.1, 0.15) is 40.4 Å². The van der Waals surface area contributed by atoms with E-state index in [1.54, 1.807) is 12.1 Å². The lowest BCUT2D eigenvalue weighted by molar-refractivity contribution is -0.137. The van der Waals surface area contributed by atoms with Crippen molar-refractivity contribution in [1.82, 2.24) is 4.90 Å². The van der Waals surface area contributed by atoms with Crippen LogP contribution in [-0.4, -0.2) is 47.7 Å². The largest absolute Gasteiger partial charge is 0.493 e. The lowest BCUT2D eigenvalue weighted by Crippen LogP contribution is -2.36. The molecule has 1 heterocycles. The number of rotatable bonds is 10. The molecule has 7 heteroatoms. The first-order valence-electron chi connectivity index (χ1n) is 12.0. The second-order valence-electron chi connectivity index (χ2n) is 9.41. The summed E-state index contributed by atoms with van der Waals surface area (Å²) in [7, 11) is 1.54. The molecular formula is C29H30ClNO5. The first-order valence-corrected chi connectivity index (χ1v) is 12.3. The molecule has 0 aromatic heterocycles. The summed E-state index contributed by atoms with van der Waals surface area (Å²) in [4.78, 5) is 26.3. The summed E-state index contributed by atoms with van der Waals surface area (Å²) in [5.41, 5.74) is 2.99. The summed E-state index contributed by atoms with van der Waals surface area (Å²) in [5.74, 6) is -0.289. The smallest absolute Gasteiger partial charge is 0.323 e. The van der Waals surface area contributed by atoms with Crippen molar-refractivity contribution in [3.05, 3.63) is 94.0 Å². The monoisotopic (exact) mass is 507 g/mol. The summed E-state index contributed by atoms with van der Waals surface area (Å²) >= 11 is 6.02.